The van der Waals surface area contributed by atoms with E-state index in [1.807, 2.05) is 6.66 Å². The van der Waals surface area contributed by atoms with E-state index in [1.165, 1.54) is 43.8 Å². The van der Waals surface area contributed by atoms with Gasteiger partial charge in [-0.3, -0.25) is 0 Å². The van der Waals surface area contributed by atoms with Crippen molar-refractivity contribution >= 4 is 38.2 Å². The normalized spacial score (nSPS) is 18.2. The molecule has 4 heteroatoms. The van der Waals surface area contributed by atoms with Crippen LogP contribution in [-0.2, 0) is 20.1 Å². The average molecular weight is 746 g/mol. The quantitative estimate of drug-likeness (QED) is 0.276. The molecule has 2 atom stereocenters. The van der Waals surface area contributed by atoms with E-state index in [4.69, 9.17) is 0 Å². The van der Waals surface area contributed by atoms with Crippen molar-refractivity contribution in [1.82, 2.24) is 0 Å². The fraction of sp³-hybridized carbons (Fsp3) is 0.222. The number of allylic oxidation sites excluding steroid dienone is 8. The van der Waals surface area contributed by atoms with Crippen LogP contribution in [0.25, 0.3) is 32.7 Å². The van der Waals surface area contributed by atoms with Crippen LogP contribution in [0.4, 0.5) is 0 Å². The SMILES string of the molecule is CC1=[C]([Hf+2]([C]2=C(C)C(c3ccc4ccccc4c3)=CC2C)=[Si](C)C)C(C)C=C1c1ccc2ccccc2c1.[Cl-].[Cl-]. The first-order valence-corrected chi connectivity index (χ1v) is 25.3. The molecule has 2 aliphatic carbocycles. The zero-order valence-corrected chi connectivity index (χ0v) is 30.3. The number of rotatable bonds is 4. The molecule has 4 aromatic rings. The van der Waals surface area contributed by atoms with Crippen LogP contribution in [0.2, 0.25) is 13.1 Å². The van der Waals surface area contributed by atoms with Crippen molar-refractivity contribution in [3.63, 3.8) is 0 Å². The smallest absolute Gasteiger partial charge is 1.00 e. The van der Waals surface area contributed by atoms with Crippen molar-refractivity contribution in [3.05, 3.63) is 126 Å². The predicted molar refractivity (Wildman–Crippen MR) is 165 cm³/mol. The molecule has 6 rings (SSSR count). The molecule has 0 amide bonds. The maximum atomic E-state index is 2.61. The van der Waals surface area contributed by atoms with Gasteiger partial charge in [0.1, 0.15) is 0 Å². The first-order chi connectivity index (χ1) is 18.3. The zero-order chi connectivity index (χ0) is 26.6. The summed E-state index contributed by atoms with van der Waals surface area (Å²) in [5, 5.41) is 5.32. The molecule has 0 spiro atoms. The Balaban J connectivity index is 0.00000185. The first-order valence-electron chi connectivity index (χ1n) is 13.9. The van der Waals surface area contributed by atoms with Crippen molar-refractivity contribution in [3.8, 4) is 0 Å². The maximum absolute atomic E-state index is 2.61. The summed E-state index contributed by atoms with van der Waals surface area (Å²) >= 11 is -2.29. The predicted octanol–water partition coefficient (Wildman–Crippen LogP) is 4.18. The van der Waals surface area contributed by atoms with Crippen molar-refractivity contribution in [2.75, 3.05) is 0 Å². The zero-order valence-electron chi connectivity index (χ0n) is 24.1. The molecule has 0 saturated heterocycles. The van der Waals surface area contributed by atoms with Crippen molar-refractivity contribution in [1.29, 1.82) is 0 Å². The van der Waals surface area contributed by atoms with Crippen LogP contribution in [0, 0.1) is 11.8 Å². The number of hydrogen-bond acceptors (Lipinski definition) is 0. The van der Waals surface area contributed by atoms with E-state index in [1.54, 1.807) is 11.1 Å². The number of hydrogen-bond donors (Lipinski definition) is 0. The van der Waals surface area contributed by atoms with Gasteiger partial charge in [0.25, 0.3) is 0 Å². The fourth-order valence-corrected chi connectivity index (χ4v) is 34.8. The molecule has 0 bridgehead atoms. The molecular formula is C36H36Cl2HfSi. The molecule has 2 aliphatic rings. The molecule has 0 fully saturated rings. The minimum Gasteiger partial charge on any atom is -1.00 e. The van der Waals surface area contributed by atoms with Gasteiger partial charge < -0.3 is 24.8 Å². The third-order valence-electron chi connectivity index (χ3n) is 8.52. The van der Waals surface area contributed by atoms with Gasteiger partial charge in [0.15, 0.2) is 0 Å². The monoisotopic (exact) mass is 746 g/mol. The summed E-state index contributed by atoms with van der Waals surface area (Å²) in [5.74, 6) is 1.10. The minimum atomic E-state index is -2.29. The Morgan fingerprint density at radius 1 is 0.550 bits per heavy atom. The van der Waals surface area contributed by atoms with E-state index in [-0.39, 0.29) is 24.8 Å². The summed E-state index contributed by atoms with van der Waals surface area (Å²) in [5.41, 5.74) is 8.50. The number of halogens is 2. The molecule has 0 aliphatic heterocycles. The second kappa shape index (κ2) is 12.5. The molecule has 4 aromatic carbocycles. The molecule has 0 aromatic heterocycles. The topological polar surface area (TPSA) is 0 Å². The van der Waals surface area contributed by atoms with Crippen LogP contribution in [-0.4, -0.2) is 5.49 Å². The fourth-order valence-electron chi connectivity index (χ4n) is 6.74. The van der Waals surface area contributed by atoms with Gasteiger partial charge in [0, 0.05) is 0 Å². The van der Waals surface area contributed by atoms with Gasteiger partial charge in [0.05, 0.1) is 0 Å². The van der Waals surface area contributed by atoms with Crippen LogP contribution >= 0.6 is 0 Å². The molecule has 2 unspecified atom stereocenters. The molecule has 40 heavy (non-hydrogen) atoms. The Hall–Kier alpha value is -1.97. The Bertz CT molecular complexity index is 1660. The molecule has 0 saturated carbocycles. The van der Waals surface area contributed by atoms with Crippen LogP contribution in [0.15, 0.2) is 115 Å². The van der Waals surface area contributed by atoms with Crippen LogP contribution in [0.5, 0.6) is 0 Å². The molecular weight excluding hydrogens is 710 g/mol. The van der Waals surface area contributed by atoms with Gasteiger partial charge in [-0.05, 0) is 0 Å². The van der Waals surface area contributed by atoms with E-state index in [0.717, 1.165) is 0 Å². The van der Waals surface area contributed by atoms with Gasteiger partial charge in [-0.15, -0.1) is 0 Å². The number of benzene rings is 4. The molecule has 0 heterocycles. The molecule has 202 valence electrons. The summed E-state index contributed by atoms with van der Waals surface area (Å²) in [6.45, 7) is 15.0. The summed E-state index contributed by atoms with van der Waals surface area (Å²) in [4.78, 5) is 0. The van der Waals surface area contributed by atoms with E-state index < -0.39 is 25.6 Å². The first kappa shape index (κ1) is 31.0. The van der Waals surface area contributed by atoms with Crippen LogP contribution in [0.3, 0.4) is 0 Å². The minimum absolute atomic E-state index is 0. The van der Waals surface area contributed by atoms with Crippen LogP contribution < -0.4 is 24.8 Å². The summed E-state index contributed by atoms with van der Waals surface area (Å²) in [7, 11) is 0. The van der Waals surface area contributed by atoms with E-state index in [2.05, 4.69) is 138 Å². The second-order valence-corrected chi connectivity index (χ2v) is 34.8. The van der Waals surface area contributed by atoms with Gasteiger partial charge in [-0.2, -0.15) is 0 Å². The molecule has 0 nitrogen and oxygen atoms in total. The van der Waals surface area contributed by atoms with Crippen molar-refractivity contribution in [2.24, 2.45) is 11.8 Å². The summed E-state index contributed by atoms with van der Waals surface area (Å²) < 4.78 is 3.73. The van der Waals surface area contributed by atoms with Crippen LogP contribution in [0.1, 0.15) is 38.8 Å². The van der Waals surface area contributed by atoms with E-state index in [0.29, 0.717) is 11.8 Å². The standard InChI is InChI=1S/2C17H15.C2H6Si.2ClH.Hf/c2*1-12-9-13(2)17(10-12)16-8-7-14-5-3-4-6-15(14)11-16;1-3-2;;;/h2*3-8,10-12H,1-2H3;1-2H3;2*1H;/q;;;;;+2/p-2. The maximum Gasteiger partial charge on any atom is -1.00 e. The van der Waals surface area contributed by atoms with E-state index >= 15 is 0 Å². The Morgan fingerprint density at radius 3 is 1.30 bits per heavy atom. The molecule has 0 N–H and O–H groups in total. The van der Waals surface area contributed by atoms with Gasteiger partial charge in [0.2, 0.25) is 0 Å². The Kier molecular flexibility index (Phi) is 9.67. The van der Waals surface area contributed by atoms with E-state index in [9.17, 15) is 0 Å². The largest absolute Gasteiger partial charge is 1.00 e. The summed E-state index contributed by atoms with van der Waals surface area (Å²) in [6.07, 6.45) is 5.16. The molecule has 0 radical (unpaired) electrons. The average Bonchev–Trinajstić information content (AvgIpc) is 3.38. The number of fused-ring (bicyclic) bond motifs is 2. The Morgan fingerprint density at radius 2 is 0.925 bits per heavy atom. The van der Waals surface area contributed by atoms with Gasteiger partial charge >= 0.3 is 237 Å². The third-order valence-corrected chi connectivity index (χ3v) is 34.5. The van der Waals surface area contributed by atoms with Crippen molar-refractivity contribution in [2.45, 2.75) is 40.8 Å². The third kappa shape index (κ3) is 5.45. The second-order valence-electron chi connectivity index (χ2n) is 11.3. The van der Waals surface area contributed by atoms with Gasteiger partial charge in [-0.25, -0.2) is 0 Å². The van der Waals surface area contributed by atoms with Crippen molar-refractivity contribution < 1.29 is 44.9 Å². The van der Waals surface area contributed by atoms with Gasteiger partial charge in [-0.1, -0.05) is 0 Å². The summed E-state index contributed by atoms with van der Waals surface area (Å²) in [6, 6.07) is 31.5. The Labute approximate surface area is 259 Å².